The molecule has 2 unspecified atom stereocenters. The average Bonchev–Trinajstić information content (AvgIpc) is 2.20. The van der Waals surface area contributed by atoms with Crippen molar-refractivity contribution in [1.29, 1.82) is 0 Å². The van der Waals surface area contributed by atoms with E-state index in [9.17, 15) is 13.2 Å². The lowest BCUT2D eigenvalue weighted by Gasteiger charge is -2.39. The Hall–Kier alpha value is -0.580. The third-order valence-corrected chi connectivity index (χ3v) is 6.19. The van der Waals surface area contributed by atoms with E-state index in [1.54, 1.807) is 13.8 Å². The predicted octanol–water partition coefficient (Wildman–Crippen LogP) is 2.14. The quantitative estimate of drug-likeness (QED) is 0.862. The molecule has 1 fully saturated rings. The topological polar surface area (TPSA) is 63.2 Å². The van der Waals surface area contributed by atoms with Gasteiger partial charge in [0.15, 0.2) is 9.84 Å². The van der Waals surface area contributed by atoms with Crippen LogP contribution in [0.1, 0.15) is 53.9 Å². The molecule has 2 atom stereocenters. The molecule has 0 bridgehead atoms. The highest BCUT2D eigenvalue weighted by Gasteiger charge is 2.33. The second kappa shape index (κ2) is 5.81. The summed E-state index contributed by atoms with van der Waals surface area (Å²) in [6.45, 7) is 9.82. The van der Waals surface area contributed by atoms with Gasteiger partial charge in [-0.05, 0) is 44.4 Å². The van der Waals surface area contributed by atoms with Gasteiger partial charge in [0.05, 0.1) is 5.25 Å². The number of rotatable bonds is 4. The molecule has 0 aliphatic heterocycles. The summed E-state index contributed by atoms with van der Waals surface area (Å²) in [5.41, 5.74) is 0.324. The van der Waals surface area contributed by atoms with Crippen molar-refractivity contribution in [3.63, 3.8) is 0 Å². The summed E-state index contributed by atoms with van der Waals surface area (Å²) in [7, 11) is -3.30. The Labute approximate surface area is 117 Å². The summed E-state index contributed by atoms with van der Waals surface area (Å²) in [5, 5.41) is 2.40. The fourth-order valence-electron chi connectivity index (χ4n) is 2.76. The van der Waals surface area contributed by atoms with Crippen molar-refractivity contribution in [2.45, 2.75) is 65.2 Å². The first kappa shape index (κ1) is 16.5. The van der Waals surface area contributed by atoms with Gasteiger partial charge in [-0.2, -0.15) is 0 Å². The van der Waals surface area contributed by atoms with Crippen LogP contribution < -0.4 is 5.32 Å². The van der Waals surface area contributed by atoms with E-state index in [4.69, 9.17) is 0 Å². The third kappa shape index (κ3) is 4.79. The first-order valence-electron chi connectivity index (χ1n) is 7.04. The van der Waals surface area contributed by atoms with Crippen LogP contribution >= 0.6 is 0 Å². The van der Waals surface area contributed by atoms with Gasteiger partial charge in [-0.25, -0.2) is 8.42 Å². The van der Waals surface area contributed by atoms with Crippen molar-refractivity contribution in [1.82, 2.24) is 5.32 Å². The first-order valence-corrected chi connectivity index (χ1v) is 8.76. The highest BCUT2D eigenvalue weighted by Crippen LogP contribution is 2.38. The summed E-state index contributed by atoms with van der Waals surface area (Å²) >= 11 is 0. The van der Waals surface area contributed by atoms with Crippen LogP contribution in [0.4, 0.5) is 0 Å². The summed E-state index contributed by atoms with van der Waals surface area (Å²) in [6, 6.07) is 0.114. The highest BCUT2D eigenvalue weighted by atomic mass is 32.2. The van der Waals surface area contributed by atoms with Gasteiger partial charge in [0, 0.05) is 6.04 Å². The molecule has 1 N–H and O–H groups in total. The molecule has 0 saturated heterocycles. The van der Waals surface area contributed by atoms with Crippen molar-refractivity contribution < 1.29 is 13.2 Å². The fraction of sp³-hybridized carbons (Fsp3) is 0.929. The van der Waals surface area contributed by atoms with Crippen molar-refractivity contribution in [3.05, 3.63) is 0 Å². The molecule has 0 aromatic heterocycles. The molecule has 0 spiro atoms. The summed E-state index contributed by atoms with van der Waals surface area (Å²) in [5.74, 6) is -0.350. The molecule has 1 amide bonds. The largest absolute Gasteiger partial charge is 0.352 e. The number of carbonyl (C=O) groups is 1. The van der Waals surface area contributed by atoms with E-state index in [1.807, 2.05) is 0 Å². The fourth-order valence-corrected chi connectivity index (χ4v) is 3.54. The average molecular weight is 289 g/mol. The van der Waals surface area contributed by atoms with Crippen LogP contribution in [0.3, 0.4) is 0 Å². The molecule has 0 radical (unpaired) electrons. The Morgan fingerprint density at radius 1 is 1.37 bits per heavy atom. The Kier molecular flexibility index (Phi) is 5.04. The number of hydrogen-bond acceptors (Lipinski definition) is 3. The van der Waals surface area contributed by atoms with E-state index in [0.29, 0.717) is 11.3 Å². The Balaban J connectivity index is 2.55. The second-order valence-electron chi connectivity index (χ2n) is 6.91. The minimum atomic E-state index is -3.30. The third-order valence-electron chi connectivity index (χ3n) is 4.09. The minimum absolute atomic E-state index is 0.114. The van der Waals surface area contributed by atoms with E-state index < -0.39 is 20.8 Å². The maximum atomic E-state index is 11.8. The summed E-state index contributed by atoms with van der Waals surface area (Å²) in [4.78, 5) is 11.8. The number of nitrogens with one attached hydrogen (secondary N) is 1. The van der Waals surface area contributed by atoms with E-state index in [1.165, 1.54) is 0 Å². The van der Waals surface area contributed by atoms with E-state index in [-0.39, 0.29) is 11.9 Å². The molecule has 5 heteroatoms. The van der Waals surface area contributed by atoms with Crippen molar-refractivity contribution in [2.24, 2.45) is 11.3 Å². The van der Waals surface area contributed by atoms with Crippen LogP contribution in [0.5, 0.6) is 0 Å². The van der Waals surface area contributed by atoms with Gasteiger partial charge in [0.2, 0.25) is 5.91 Å². The van der Waals surface area contributed by atoms with E-state index >= 15 is 0 Å². The van der Waals surface area contributed by atoms with E-state index in [0.717, 1.165) is 19.3 Å². The number of hydrogen-bond donors (Lipinski definition) is 1. The van der Waals surface area contributed by atoms with Gasteiger partial charge in [0.1, 0.15) is 5.75 Å². The van der Waals surface area contributed by atoms with Crippen LogP contribution in [-0.2, 0) is 14.6 Å². The molecule has 1 aliphatic rings. The highest BCUT2D eigenvalue weighted by molar-refractivity contribution is 7.92. The lowest BCUT2D eigenvalue weighted by Crippen LogP contribution is -2.46. The van der Waals surface area contributed by atoms with E-state index in [2.05, 4.69) is 26.1 Å². The SMILES string of the molecule is CC1CC(C)(C)CCC1NC(=O)CS(=O)(=O)C(C)C. The Bertz CT molecular complexity index is 426. The number of carbonyl (C=O) groups excluding carboxylic acids is 1. The molecule has 4 nitrogen and oxygen atoms in total. The van der Waals surface area contributed by atoms with Crippen molar-refractivity contribution >= 4 is 15.7 Å². The molecule has 0 heterocycles. The Morgan fingerprint density at radius 3 is 2.42 bits per heavy atom. The lowest BCUT2D eigenvalue weighted by molar-refractivity contribution is -0.120. The molecule has 0 aromatic rings. The van der Waals surface area contributed by atoms with Crippen LogP contribution in [0.2, 0.25) is 0 Å². The van der Waals surface area contributed by atoms with Crippen molar-refractivity contribution in [2.75, 3.05) is 5.75 Å². The summed E-state index contributed by atoms with van der Waals surface area (Å²) < 4.78 is 23.4. The zero-order valence-electron chi connectivity index (χ0n) is 12.7. The van der Waals surface area contributed by atoms with Gasteiger partial charge in [-0.3, -0.25) is 4.79 Å². The molecule has 1 aliphatic carbocycles. The van der Waals surface area contributed by atoms with Gasteiger partial charge in [0.25, 0.3) is 0 Å². The standard InChI is InChI=1S/C14H27NO3S/c1-10(2)19(17,18)9-13(16)15-12-6-7-14(4,5)8-11(12)3/h10-12H,6-9H2,1-5H3,(H,15,16). The first-order chi connectivity index (χ1) is 8.53. The zero-order chi connectivity index (χ0) is 14.8. The smallest absolute Gasteiger partial charge is 0.235 e. The van der Waals surface area contributed by atoms with Gasteiger partial charge >= 0.3 is 0 Å². The molecule has 1 saturated carbocycles. The van der Waals surface area contributed by atoms with Crippen molar-refractivity contribution in [3.8, 4) is 0 Å². The maximum absolute atomic E-state index is 11.8. The number of sulfone groups is 1. The second-order valence-corrected chi connectivity index (χ2v) is 9.47. The molecule has 1 rings (SSSR count). The van der Waals surface area contributed by atoms with Crippen LogP contribution in [-0.4, -0.2) is 31.4 Å². The molecule has 112 valence electrons. The minimum Gasteiger partial charge on any atom is -0.352 e. The van der Waals surface area contributed by atoms with Crippen LogP contribution in [0, 0.1) is 11.3 Å². The molecular weight excluding hydrogens is 262 g/mol. The predicted molar refractivity (Wildman–Crippen MR) is 77.6 cm³/mol. The van der Waals surface area contributed by atoms with Gasteiger partial charge < -0.3 is 5.32 Å². The van der Waals surface area contributed by atoms with Crippen LogP contribution in [0.25, 0.3) is 0 Å². The monoisotopic (exact) mass is 289 g/mol. The molecule has 19 heavy (non-hydrogen) atoms. The van der Waals surface area contributed by atoms with Gasteiger partial charge in [-0.1, -0.05) is 20.8 Å². The number of amides is 1. The molecule has 0 aromatic carbocycles. The van der Waals surface area contributed by atoms with Crippen LogP contribution in [0.15, 0.2) is 0 Å². The molecular formula is C14H27NO3S. The summed E-state index contributed by atoms with van der Waals surface area (Å²) in [6.07, 6.45) is 3.07. The van der Waals surface area contributed by atoms with Gasteiger partial charge in [-0.15, -0.1) is 0 Å². The zero-order valence-corrected chi connectivity index (χ0v) is 13.5. The normalized spacial score (nSPS) is 27.3. The lowest BCUT2D eigenvalue weighted by atomic mass is 9.70. The maximum Gasteiger partial charge on any atom is 0.235 e. The Morgan fingerprint density at radius 2 is 1.95 bits per heavy atom.